The highest BCUT2D eigenvalue weighted by Crippen LogP contribution is 2.36. The first-order valence-corrected chi connectivity index (χ1v) is 22.0. The van der Waals surface area contributed by atoms with Gasteiger partial charge in [-0.2, -0.15) is 10.1 Å². The first-order chi connectivity index (χ1) is 30.5. The number of hydrogen-bond donors (Lipinski definition) is 4. The monoisotopic (exact) mass is 855 g/mol. The van der Waals surface area contributed by atoms with E-state index in [1.807, 2.05) is 20.0 Å². The maximum Gasteiger partial charge on any atom is 0.280 e. The van der Waals surface area contributed by atoms with E-state index in [-0.39, 0.29) is 18.7 Å². The van der Waals surface area contributed by atoms with Gasteiger partial charge in [0.05, 0.1) is 46.6 Å². The van der Waals surface area contributed by atoms with E-state index < -0.39 is 29.7 Å². The smallest absolute Gasteiger partial charge is 0.280 e. The minimum absolute atomic E-state index is 0.0903. The van der Waals surface area contributed by atoms with Crippen LogP contribution in [-0.2, 0) is 23.2 Å². The summed E-state index contributed by atoms with van der Waals surface area (Å²) in [7, 11) is 1.84. The number of ether oxygens (including phenoxy) is 1. The van der Waals surface area contributed by atoms with Crippen LogP contribution in [0.3, 0.4) is 0 Å². The van der Waals surface area contributed by atoms with Crippen molar-refractivity contribution in [3.05, 3.63) is 82.7 Å². The molecule has 17 heteroatoms. The second-order valence-corrected chi connectivity index (χ2v) is 17.3. The maximum absolute atomic E-state index is 13.8. The first-order valence-electron chi connectivity index (χ1n) is 22.0. The van der Waals surface area contributed by atoms with E-state index in [2.05, 4.69) is 66.3 Å². The zero-order chi connectivity index (χ0) is 43.8. The number of guanidine groups is 1. The lowest BCUT2D eigenvalue weighted by Gasteiger charge is -2.34. The van der Waals surface area contributed by atoms with Crippen LogP contribution in [0.5, 0.6) is 5.88 Å². The predicted molar refractivity (Wildman–Crippen MR) is 237 cm³/mol. The summed E-state index contributed by atoms with van der Waals surface area (Å²) in [6, 6.07) is 14.2. The highest BCUT2D eigenvalue weighted by atomic mass is 16.5. The van der Waals surface area contributed by atoms with E-state index in [1.54, 1.807) is 35.1 Å². The number of pyridine rings is 1. The van der Waals surface area contributed by atoms with Crippen LogP contribution in [0, 0.1) is 18.8 Å². The molecule has 0 spiro atoms. The number of fused-ring (bicyclic) bond motifs is 8. The lowest BCUT2D eigenvalue weighted by molar-refractivity contribution is -0.136. The van der Waals surface area contributed by atoms with E-state index in [1.165, 1.54) is 0 Å². The zero-order valence-corrected chi connectivity index (χ0v) is 35.9. The molecule has 5 aliphatic heterocycles. The summed E-state index contributed by atoms with van der Waals surface area (Å²) in [5.74, 6) is -0.380. The van der Waals surface area contributed by atoms with Gasteiger partial charge in [0.2, 0.25) is 23.7 Å². The molecule has 1 unspecified atom stereocenters. The predicted octanol–water partition coefficient (Wildman–Crippen LogP) is 4.02. The fourth-order valence-electron chi connectivity index (χ4n) is 9.23. The summed E-state index contributed by atoms with van der Waals surface area (Å²) in [5, 5.41) is 17.3. The van der Waals surface area contributed by atoms with Crippen molar-refractivity contribution in [3.63, 3.8) is 0 Å². The van der Waals surface area contributed by atoms with Gasteiger partial charge in [-0.15, -0.1) is 0 Å². The number of imide groups is 2. The van der Waals surface area contributed by atoms with E-state index in [0.717, 1.165) is 91.5 Å². The van der Waals surface area contributed by atoms with Crippen molar-refractivity contribution in [1.82, 2.24) is 35.6 Å². The van der Waals surface area contributed by atoms with Crippen LogP contribution in [-0.4, -0.2) is 107 Å². The molecule has 9 rings (SSSR count). The zero-order valence-electron chi connectivity index (χ0n) is 35.9. The summed E-state index contributed by atoms with van der Waals surface area (Å²) >= 11 is 0. The van der Waals surface area contributed by atoms with Crippen molar-refractivity contribution >= 4 is 52.6 Å². The lowest BCUT2D eigenvalue weighted by Crippen LogP contribution is -2.54. The van der Waals surface area contributed by atoms with Gasteiger partial charge in [0, 0.05) is 69.7 Å². The van der Waals surface area contributed by atoms with Crippen molar-refractivity contribution in [2.24, 2.45) is 23.9 Å². The molecule has 328 valence electrons. The second-order valence-electron chi connectivity index (χ2n) is 17.3. The van der Waals surface area contributed by atoms with Crippen LogP contribution in [0.15, 0.2) is 59.7 Å². The molecular weight excluding hydrogens is 803 g/mol. The number of amides is 5. The Morgan fingerprint density at radius 1 is 0.873 bits per heavy atom. The molecule has 2 aromatic heterocycles. The number of hydrogen-bond acceptors (Lipinski definition) is 13. The highest BCUT2D eigenvalue weighted by Gasteiger charge is 2.45. The molecule has 2 aromatic carbocycles. The van der Waals surface area contributed by atoms with Crippen LogP contribution in [0.25, 0.3) is 11.3 Å². The number of aryl methyl sites for hydroxylation is 2. The molecule has 7 heterocycles. The minimum atomic E-state index is -0.975. The number of aliphatic imine (C=N–C) groups is 1. The number of carbonyl (C=O) groups is 5. The Morgan fingerprint density at radius 3 is 2.51 bits per heavy atom. The number of nitrogens with zero attached hydrogens (tertiary/aromatic N) is 7. The van der Waals surface area contributed by atoms with Crippen LogP contribution in [0.1, 0.15) is 87.8 Å². The molecule has 0 saturated carbocycles. The van der Waals surface area contributed by atoms with Crippen molar-refractivity contribution in [3.8, 4) is 17.1 Å². The van der Waals surface area contributed by atoms with Gasteiger partial charge in [-0.05, 0) is 105 Å². The van der Waals surface area contributed by atoms with E-state index in [0.29, 0.717) is 71.4 Å². The standard InChI is InChI=1S/C46H53N11O6/c1-27-5-4-18-63-45-35(25-49-54(45)3)37-21-31(19-28(2)50-37)41(59)53-46-51-36-9-6-30(20-39(36)56(46)26-27)24-48-15-14-47-23-29-12-16-55(17-13-29)32-7-8-33-34(22-32)44(62)57(43(33)61)38-10-11-40(58)52-42(38)60/h6-9,19-22,25,27,29,38,47-48H,4-5,10-18,23-24,26H2,1-3H3,(H,51,53,59)(H,52,58,60)/t27-,38?/m1/s1. The number of piperidine rings is 2. The molecule has 2 fully saturated rings. The van der Waals surface area contributed by atoms with Crippen molar-refractivity contribution in [1.29, 1.82) is 0 Å². The Morgan fingerprint density at radius 2 is 1.68 bits per heavy atom. The number of carbonyl (C=O) groups excluding carboxylic acids is 5. The first kappa shape index (κ1) is 41.9. The fourth-order valence-corrected chi connectivity index (χ4v) is 9.23. The largest absolute Gasteiger partial charge is 0.477 e. The number of aromatic nitrogens is 3. The van der Waals surface area contributed by atoms with Crippen LogP contribution in [0.2, 0.25) is 0 Å². The summed E-state index contributed by atoms with van der Waals surface area (Å²) < 4.78 is 7.93. The molecule has 17 nitrogen and oxygen atoms in total. The van der Waals surface area contributed by atoms with Crippen LogP contribution < -0.4 is 35.8 Å². The number of anilines is 3. The van der Waals surface area contributed by atoms with Gasteiger partial charge < -0.3 is 30.5 Å². The number of benzene rings is 2. The number of rotatable bonds is 9. The Hall–Kier alpha value is -6.46. The van der Waals surface area contributed by atoms with Crippen LogP contribution in [0.4, 0.5) is 17.1 Å². The van der Waals surface area contributed by atoms with E-state index in [4.69, 9.17) is 9.72 Å². The maximum atomic E-state index is 13.8. The molecule has 5 aliphatic rings. The quantitative estimate of drug-likeness (QED) is 0.139. The molecule has 2 bridgehead atoms. The molecule has 0 radical (unpaired) electrons. The summed E-state index contributed by atoms with van der Waals surface area (Å²) in [5.41, 5.74) is 7.04. The Balaban J connectivity index is 0.763. The van der Waals surface area contributed by atoms with Gasteiger partial charge in [-0.1, -0.05) is 13.0 Å². The summed E-state index contributed by atoms with van der Waals surface area (Å²) in [4.78, 5) is 79.0. The average molecular weight is 856 g/mol. The SMILES string of the molecule is Cc1cc2cc(n1)-c1cnn(C)c1OCCC[C@@H](C)CN1/C(=N/C2=O)Nc2ccc(CNCCNCC3CCN(c4ccc5c(c4)C(=O)N(C4CCC(=O)NC4=O)C5=O)CC3)cc21. The van der Waals surface area contributed by atoms with Gasteiger partial charge in [0.15, 0.2) is 0 Å². The molecule has 2 atom stereocenters. The molecule has 2 saturated heterocycles. The lowest BCUT2D eigenvalue weighted by atomic mass is 9.96. The van der Waals surface area contributed by atoms with E-state index >= 15 is 0 Å². The Kier molecular flexibility index (Phi) is 11.8. The van der Waals surface area contributed by atoms with Crippen molar-refractivity contribution < 1.29 is 28.7 Å². The molecule has 0 aliphatic carbocycles. The van der Waals surface area contributed by atoms with E-state index in [9.17, 15) is 24.0 Å². The fraction of sp³-hybridized carbons (Fsp3) is 0.435. The average Bonchev–Trinajstić information content (AvgIpc) is 3.89. The number of nitrogens with one attached hydrogen (secondary N) is 4. The normalized spacial score (nSPS) is 21.3. The third-order valence-corrected chi connectivity index (χ3v) is 12.6. The minimum Gasteiger partial charge on any atom is -0.477 e. The third-order valence-electron chi connectivity index (χ3n) is 12.6. The summed E-state index contributed by atoms with van der Waals surface area (Å²) in [6.07, 6.45) is 5.71. The molecule has 4 N–H and O–H groups in total. The van der Waals surface area contributed by atoms with Gasteiger partial charge >= 0.3 is 0 Å². The van der Waals surface area contributed by atoms with Gasteiger partial charge in [0.25, 0.3) is 17.7 Å². The van der Waals surface area contributed by atoms with Crippen LogP contribution >= 0.6 is 0 Å². The topological polar surface area (TPSA) is 195 Å². The Bertz CT molecular complexity index is 2510. The molecular formula is C46H53N11O6. The van der Waals surface area contributed by atoms with Crippen molar-refractivity contribution in [2.75, 3.05) is 61.0 Å². The van der Waals surface area contributed by atoms with Crippen molar-refractivity contribution in [2.45, 2.75) is 65.0 Å². The molecule has 5 amide bonds. The molecule has 63 heavy (non-hydrogen) atoms. The van der Waals surface area contributed by atoms with Gasteiger partial charge in [0.1, 0.15) is 6.04 Å². The van der Waals surface area contributed by atoms with Gasteiger partial charge in [-0.3, -0.25) is 39.2 Å². The summed E-state index contributed by atoms with van der Waals surface area (Å²) in [6.45, 7) is 10.2. The third kappa shape index (κ3) is 8.67. The molecule has 4 aromatic rings. The highest BCUT2D eigenvalue weighted by molar-refractivity contribution is 6.24. The van der Waals surface area contributed by atoms with Gasteiger partial charge in [-0.25, -0.2) is 4.68 Å². The Labute approximate surface area is 365 Å². The second kappa shape index (κ2) is 17.7.